The number of hydrogen-bond acceptors (Lipinski definition) is 5. The topological polar surface area (TPSA) is 102 Å². The van der Waals surface area contributed by atoms with Gasteiger partial charge in [0.15, 0.2) is 5.82 Å². The highest BCUT2D eigenvalue weighted by Crippen LogP contribution is 2.28. The molecule has 1 aliphatic rings. The van der Waals surface area contributed by atoms with Gasteiger partial charge >= 0.3 is 0 Å². The van der Waals surface area contributed by atoms with Crippen LogP contribution in [0, 0.1) is 5.92 Å². The molecular formula is C16H20N6O2. The molecule has 0 atom stereocenters. The van der Waals surface area contributed by atoms with Crippen molar-refractivity contribution in [2.45, 2.75) is 32.2 Å². The number of aromatic nitrogens is 4. The highest BCUT2D eigenvalue weighted by Gasteiger charge is 2.28. The van der Waals surface area contributed by atoms with Gasteiger partial charge in [0.2, 0.25) is 11.8 Å². The van der Waals surface area contributed by atoms with Gasteiger partial charge in [-0.3, -0.25) is 9.59 Å². The molecule has 1 saturated carbocycles. The number of amides is 2. The molecule has 1 fully saturated rings. The van der Waals surface area contributed by atoms with Crippen LogP contribution in [0.25, 0.3) is 5.82 Å². The van der Waals surface area contributed by atoms with Crippen LogP contribution in [-0.4, -0.2) is 38.1 Å². The summed E-state index contributed by atoms with van der Waals surface area (Å²) in [7, 11) is 0. The Morgan fingerprint density at radius 2 is 2.12 bits per heavy atom. The van der Waals surface area contributed by atoms with Crippen LogP contribution in [0.4, 0.5) is 0 Å². The van der Waals surface area contributed by atoms with E-state index in [2.05, 4.69) is 25.7 Å². The second kappa shape index (κ2) is 7.67. The minimum absolute atomic E-state index is 0.0315. The van der Waals surface area contributed by atoms with Crippen LogP contribution in [0.3, 0.4) is 0 Å². The fourth-order valence-corrected chi connectivity index (χ4v) is 2.22. The fraction of sp³-hybridized carbons (Fsp3) is 0.438. The number of rotatable bonds is 8. The summed E-state index contributed by atoms with van der Waals surface area (Å²) < 4.78 is 1.57. The molecule has 0 radical (unpaired) electrons. The average Bonchev–Trinajstić information content (AvgIpc) is 3.32. The molecule has 0 unspecified atom stereocenters. The van der Waals surface area contributed by atoms with Gasteiger partial charge in [0.25, 0.3) is 0 Å². The number of nitrogens with zero attached hydrogens (tertiary/aromatic N) is 4. The van der Waals surface area contributed by atoms with E-state index in [4.69, 9.17) is 0 Å². The summed E-state index contributed by atoms with van der Waals surface area (Å²) in [6.45, 7) is 0.981. The van der Waals surface area contributed by atoms with Gasteiger partial charge in [-0.15, -0.1) is 0 Å². The van der Waals surface area contributed by atoms with Crippen molar-refractivity contribution in [3.63, 3.8) is 0 Å². The van der Waals surface area contributed by atoms with Crippen LogP contribution in [0.2, 0.25) is 0 Å². The predicted molar refractivity (Wildman–Crippen MR) is 86.0 cm³/mol. The molecule has 0 aliphatic heterocycles. The molecule has 2 aromatic heterocycles. The van der Waals surface area contributed by atoms with Gasteiger partial charge in [-0.05, 0) is 30.9 Å². The van der Waals surface area contributed by atoms with E-state index in [1.54, 1.807) is 17.2 Å². The molecule has 2 amide bonds. The number of pyridine rings is 1. The van der Waals surface area contributed by atoms with Crippen molar-refractivity contribution < 1.29 is 9.59 Å². The molecule has 24 heavy (non-hydrogen) atoms. The second-order valence-electron chi connectivity index (χ2n) is 5.81. The number of hydrogen-bond donors (Lipinski definition) is 2. The summed E-state index contributed by atoms with van der Waals surface area (Å²) in [4.78, 5) is 31.4. The van der Waals surface area contributed by atoms with Gasteiger partial charge < -0.3 is 10.6 Å². The van der Waals surface area contributed by atoms with Crippen molar-refractivity contribution >= 4 is 11.8 Å². The van der Waals surface area contributed by atoms with E-state index < -0.39 is 0 Å². The summed E-state index contributed by atoms with van der Waals surface area (Å²) in [6, 6.07) is 3.71. The SMILES string of the molecule is O=C(CCCNC(=O)C1CC1)NCc1ccc(-n2cncn2)nc1. The Morgan fingerprint density at radius 3 is 2.79 bits per heavy atom. The van der Waals surface area contributed by atoms with Gasteiger partial charge in [0, 0.05) is 31.6 Å². The van der Waals surface area contributed by atoms with Crippen molar-refractivity contribution in [1.29, 1.82) is 0 Å². The number of carbonyl (C=O) groups excluding carboxylic acids is 2. The van der Waals surface area contributed by atoms with Crippen molar-refractivity contribution in [1.82, 2.24) is 30.4 Å². The largest absolute Gasteiger partial charge is 0.356 e. The molecule has 2 aromatic rings. The van der Waals surface area contributed by atoms with E-state index in [1.807, 2.05) is 12.1 Å². The average molecular weight is 328 g/mol. The number of nitrogens with one attached hydrogen (secondary N) is 2. The van der Waals surface area contributed by atoms with E-state index in [9.17, 15) is 9.59 Å². The quantitative estimate of drug-likeness (QED) is 0.690. The van der Waals surface area contributed by atoms with Gasteiger partial charge in [0.05, 0.1) is 0 Å². The smallest absolute Gasteiger partial charge is 0.223 e. The van der Waals surface area contributed by atoms with Gasteiger partial charge in [-0.1, -0.05) is 6.07 Å². The number of carbonyl (C=O) groups is 2. The first kappa shape index (κ1) is 16.1. The lowest BCUT2D eigenvalue weighted by molar-refractivity contribution is -0.123. The van der Waals surface area contributed by atoms with Gasteiger partial charge in [0.1, 0.15) is 12.7 Å². The van der Waals surface area contributed by atoms with E-state index in [-0.39, 0.29) is 17.7 Å². The fourth-order valence-electron chi connectivity index (χ4n) is 2.22. The summed E-state index contributed by atoms with van der Waals surface area (Å²) >= 11 is 0. The Balaban J connectivity index is 1.34. The zero-order valence-corrected chi connectivity index (χ0v) is 13.3. The van der Waals surface area contributed by atoms with Crippen LogP contribution in [0.5, 0.6) is 0 Å². The first-order chi connectivity index (χ1) is 11.7. The summed E-state index contributed by atoms with van der Waals surface area (Å²) in [5, 5.41) is 9.70. The van der Waals surface area contributed by atoms with Crippen LogP contribution >= 0.6 is 0 Å². The summed E-state index contributed by atoms with van der Waals surface area (Å²) in [5.74, 6) is 0.978. The predicted octanol–water partition coefficient (Wildman–Crippen LogP) is 0.585. The first-order valence-electron chi connectivity index (χ1n) is 8.07. The van der Waals surface area contributed by atoms with E-state index in [0.29, 0.717) is 31.7 Å². The zero-order chi connectivity index (χ0) is 16.8. The standard InChI is InChI=1S/C16H20N6O2/c23-15(2-1-7-18-16(24)13-4-5-13)20-9-12-3-6-14(19-8-12)22-11-17-10-21-22/h3,6,8,10-11,13H,1-2,4-5,7,9H2,(H,18,24)(H,20,23). The lowest BCUT2D eigenvalue weighted by atomic mass is 10.2. The Kier molecular flexibility index (Phi) is 5.15. The molecule has 2 N–H and O–H groups in total. The molecule has 0 aromatic carbocycles. The highest BCUT2D eigenvalue weighted by atomic mass is 16.2. The minimum Gasteiger partial charge on any atom is -0.356 e. The van der Waals surface area contributed by atoms with Crippen LogP contribution in [0.1, 0.15) is 31.2 Å². The van der Waals surface area contributed by atoms with Crippen LogP contribution < -0.4 is 10.6 Å². The highest BCUT2D eigenvalue weighted by molar-refractivity contribution is 5.81. The third-order valence-electron chi connectivity index (χ3n) is 3.78. The second-order valence-corrected chi connectivity index (χ2v) is 5.81. The Labute approximate surface area is 139 Å². The van der Waals surface area contributed by atoms with Crippen LogP contribution in [-0.2, 0) is 16.1 Å². The van der Waals surface area contributed by atoms with Crippen molar-refractivity contribution in [2.75, 3.05) is 6.54 Å². The zero-order valence-electron chi connectivity index (χ0n) is 13.3. The summed E-state index contributed by atoms with van der Waals surface area (Å²) in [5.41, 5.74) is 0.911. The summed E-state index contributed by atoms with van der Waals surface area (Å²) in [6.07, 6.45) is 7.76. The Hall–Kier alpha value is -2.77. The molecule has 0 saturated heterocycles. The molecule has 0 spiro atoms. The van der Waals surface area contributed by atoms with Crippen molar-refractivity contribution in [3.05, 3.63) is 36.5 Å². The maximum atomic E-state index is 11.8. The third-order valence-corrected chi connectivity index (χ3v) is 3.78. The third kappa shape index (κ3) is 4.61. The molecule has 2 heterocycles. The van der Waals surface area contributed by atoms with Gasteiger partial charge in [-0.2, -0.15) is 5.10 Å². The minimum atomic E-state index is -0.0315. The monoisotopic (exact) mass is 328 g/mol. The lowest BCUT2D eigenvalue weighted by Crippen LogP contribution is -2.28. The maximum absolute atomic E-state index is 11.8. The molecular weight excluding hydrogens is 308 g/mol. The van der Waals surface area contributed by atoms with Crippen LogP contribution in [0.15, 0.2) is 31.0 Å². The lowest BCUT2D eigenvalue weighted by Gasteiger charge is -2.07. The van der Waals surface area contributed by atoms with E-state index in [0.717, 1.165) is 18.4 Å². The maximum Gasteiger partial charge on any atom is 0.223 e. The molecule has 0 bridgehead atoms. The molecule has 3 rings (SSSR count). The molecule has 8 heteroatoms. The van der Waals surface area contributed by atoms with Crippen molar-refractivity contribution in [2.24, 2.45) is 5.92 Å². The first-order valence-corrected chi connectivity index (χ1v) is 8.07. The molecule has 1 aliphatic carbocycles. The van der Waals surface area contributed by atoms with E-state index in [1.165, 1.54) is 6.33 Å². The molecule has 8 nitrogen and oxygen atoms in total. The Bertz CT molecular complexity index is 679. The normalized spacial score (nSPS) is 13.5. The Morgan fingerprint density at radius 1 is 1.25 bits per heavy atom. The van der Waals surface area contributed by atoms with E-state index >= 15 is 0 Å². The van der Waals surface area contributed by atoms with Gasteiger partial charge in [-0.25, -0.2) is 14.6 Å². The van der Waals surface area contributed by atoms with Crippen molar-refractivity contribution in [3.8, 4) is 5.82 Å². The molecule has 126 valence electrons.